The number of amides is 2. The molecule has 1 aliphatic heterocycles. The van der Waals surface area contributed by atoms with E-state index in [1.165, 1.54) is 32.3 Å². The summed E-state index contributed by atoms with van der Waals surface area (Å²) in [5, 5.41) is 3.10. The first-order valence-electron chi connectivity index (χ1n) is 8.47. The van der Waals surface area contributed by atoms with Crippen LogP contribution in [0.5, 0.6) is 0 Å². The van der Waals surface area contributed by atoms with Crippen LogP contribution in [0.2, 0.25) is 5.02 Å². The van der Waals surface area contributed by atoms with E-state index in [2.05, 4.69) is 5.32 Å². The standard InChI is InChI=1S/C17H24ClN3O4S/c1-4-16(22)19-12-6-5-9-21(11-12)17(23)14-10-13(7-8-15(14)18)26(24,25)20(2)3/h7-8,10,12H,4-6,9,11H2,1-3H3,(H,19,22). The third-order valence-corrected chi connectivity index (χ3v) is 6.48. The number of halogens is 1. The highest BCUT2D eigenvalue weighted by molar-refractivity contribution is 7.89. The van der Waals surface area contributed by atoms with Gasteiger partial charge in [-0.15, -0.1) is 0 Å². The molecule has 2 amide bonds. The van der Waals surface area contributed by atoms with Crippen LogP contribution >= 0.6 is 11.6 Å². The molecule has 0 radical (unpaired) electrons. The molecule has 0 aliphatic carbocycles. The van der Waals surface area contributed by atoms with E-state index in [1.807, 2.05) is 0 Å². The first kappa shape index (κ1) is 20.7. The summed E-state index contributed by atoms with van der Waals surface area (Å²) in [6.07, 6.45) is 1.95. The lowest BCUT2D eigenvalue weighted by molar-refractivity contribution is -0.121. The minimum Gasteiger partial charge on any atom is -0.352 e. The van der Waals surface area contributed by atoms with Crippen molar-refractivity contribution in [3.8, 4) is 0 Å². The molecule has 9 heteroatoms. The van der Waals surface area contributed by atoms with Crippen molar-refractivity contribution >= 4 is 33.4 Å². The van der Waals surface area contributed by atoms with Crippen LogP contribution in [0, 0.1) is 0 Å². The second kappa shape index (κ2) is 8.37. The van der Waals surface area contributed by atoms with Gasteiger partial charge in [0.1, 0.15) is 0 Å². The average Bonchev–Trinajstić information content (AvgIpc) is 2.61. The van der Waals surface area contributed by atoms with Crippen LogP contribution in [-0.4, -0.2) is 62.7 Å². The minimum atomic E-state index is -3.66. The molecule has 1 atom stereocenters. The summed E-state index contributed by atoms with van der Waals surface area (Å²) in [4.78, 5) is 26.1. The van der Waals surface area contributed by atoms with Gasteiger partial charge in [0.15, 0.2) is 0 Å². The predicted octanol–water partition coefficient (Wildman–Crippen LogP) is 1.72. The SMILES string of the molecule is CCC(=O)NC1CCCN(C(=O)c2cc(S(=O)(=O)N(C)C)ccc2Cl)C1. The number of piperidine rings is 1. The fraction of sp³-hybridized carbons (Fsp3) is 0.529. The molecule has 0 aromatic heterocycles. The second-order valence-corrected chi connectivity index (χ2v) is 9.00. The highest BCUT2D eigenvalue weighted by Gasteiger charge is 2.28. The third-order valence-electron chi connectivity index (χ3n) is 4.34. The Balaban J connectivity index is 2.25. The van der Waals surface area contributed by atoms with Crippen LogP contribution in [0.25, 0.3) is 0 Å². The maximum atomic E-state index is 12.9. The summed E-state index contributed by atoms with van der Waals surface area (Å²) >= 11 is 6.16. The molecule has 7 nitrogen and oxygen atoms in total. The molecule has 1 unspecified atom stereocenters. The van der Waals surface area contributed by atoms with Gasteiger partial charge >= 0.3 is 0 Å². The highest BCUT2D eigenvalue weighted by atomic mass is 35.5. The Morgan fingerprint density at radius 2 is 2.04 bits per heavy atom. The molecule has 1 aliphatic rings. The van der Waals surface area contributed by atoms with Crippen LogP contribution in [0.4, 0.5) is 0 Å². The molecular weight excluding hydrogens is 378 g/mol. The quantitative estimate of drug-likeness (QED) is 0.813. The average molecular weight is 402 g/mol. The summed E-state index contributed by atoms with van der Waals surface area (Å²) in [6, 6.07) is 4.02. The van der Waals surface area contributed by atoms with Gasteiger partial charge in [0.25, 0.3) is 5.91 Å². The fourth-order valence-corrected chi connectivity index (χ4v) is 3.95. The van der Waals surface area contributed by atoms with Gasteiger partial charge < -0.3 is 10.2 Å². The number of nitrogens with one attached hydrogen (secondary N) is 1. The van der Waals surface area contributed by atoms with Crippen molar-refractivity contribution in [1.29, 1.82) is 0 Å². The maximum Gasteiger partial charge on any atom is 0.255 e. The van der Waals surface area contributed by atoms with Gasteiger partial charge in [0.05, 0.1) is 15.5 Å². The number of rotatable bonds is 5. The van der Waals surface area contributed by atoms with Crippen LogP contribution in [0.3, 0.4) is 0 Å². The lowest BCUT2D eigenvalue weighted by Gasteiger charge is -2.33. The van der Waals surface area contributed by atoms with E-state index in [1.54, 1.807) is 11.8 Å². The summed E-state index contributed by atoms with van der Waals surface area (Å²) < 4.78 is 25.7. The number of likely N-dealkylation sites (tertiary alicyclic amines) is 1. The Kier molecular flexibility index (Phi) is 6.65. The molecule has 1 heterocycles. The molecular formula is C17H24ClN3O4S. The van der Waals surface area contributed by atoms with Crippen LogP contribution in [-0.2, 0) is 14.8 Å². The molecule has 26 heavy (non-hydrogen) atoms. The van der Waals surface area contributed by atoms with Crippen LogP contribution in [0.1, 0.15) is 36.5 Å². The number of nitrogens with zero attached hydrogens (tertiary/aromatic N) is 2. The fourth-order valence-electron chi connectivity index (χ4n) is 2.82. The van der Waals surface area contributed by atoms with Crippen molar-refractivity contribution < 1.29 is 18.0 Å². The normalized spacial score (nSPS) is 18.0. The van der Waals surface area contributed by atoms with Crippen molar-refractivity contribution in [2.45, 2.75) is 37.1 Å². The molecule has 1 N–H and O–H groups in total. The van der Waals surface area contributed by atoms with Crippen LogP contribution < -0.4 is 5.32 Å². The van der Waals surface area contributed by atoms with E-state index < -0.39 is 10.0 Å². The second-order valence-electron chi connectivity index (χ2n) is 6.44. The van der Waals surface area contributed by atoms with Gasteiger partial charge in [-0.05, 0) is 31.0 Å². The first-order chi connectivity index (χ1) is 12.2. The minimum absolute atomic E-state index is 0.0168. The molecule has 2 rings (SSSR count). The number of sulfonamides is 1. The zero-order valence-electron chi connectivity index (χ0n) is 15.2. The maximum absolute atomic E-state index is 12.9. The summed E-state index contributed by atoms with van der Waals surface area (Å²) in [5.41, 5.74) is 0.150. The summed E-state index contributed by atoms with van der Waals surface area (Å²) in [6.45, 7) is 2.70. The van der Waals surface area contributed by atoms with Crippen LogP contribution in [0.15, 0.2) is 23.1 Å². The van der Waals surface area contributed by atoms with E-state index in [4.69, 9.17) is 11.6 Å². The van der Waals surface area contributed by atoms with Crippen molar-refractivity contribution in [1.82, 2.24) is 14.5 Å². The molecule has 1 aromatic rings. The van der Waals surface area contributed by atoms with Gasteiger partial charge in [-0.2, -0.15) is 0 Å². The van der Waals surface area contributed by atoms with Gasteiger partial charge in [0, 0.05) is 39.6 Å². The smallest absolute Gasteiger partial charge is 0.255 e. The Labute approximate surface area is 159 Å². The first-order valence-corrected chi connectivity index (χ1v) is 10.3. The molecule has 0 spiro atoms. The highest BCUT2D eigenvalue weighted by Crippen LogP contribution is 2.24. The van der Waals surface area contributed by atoms with E-state index in [-0.39, 0.29) is 33.3 Å². The Morgan fingerprint density at radius 3 is 2.65 bits per heavy atom. The topological polar surface area (TPSA) is 86.8 Å². The lowest BCUT2D eigenvalue weighted by Crippen LogP contribution is -2.49. The predicted molar refractivity (Wildman–Crippen MR) is 99.7 cm³/mol. The molecule has 1 saturated heterocycles. The molecule has 0 saturated carbocycles. The monoisotopic (exact) mass is 401 g/mol. The molecule has 1 fully saturated rings. The zero-order chi connectivity index (χ0) is 19.5. The van der Waals surface area contributed by atoms with E-state index >= 15 is 0 Å². The van der Waals surface area contributed by atoms with E-state index in [0.29, 0.717) is 19.5 Å². The van der Waals surface area contributed by atoms with Gasteiger partial charge in [-0.25, -0.2) is 12.7 Å². The molecule has 1 aromatic carbocycles. The number of hydrogen-bond donors (Lipinski definition) is 1. The largest absolute Gasteiger partial charge is 0.352 e. The van der Waals surface area contributed by atoms with Crippen molar-refractivity contribution in [3.63, 3.8) is 0 Å². The number of carbonyl (C=O) groups is 2. The summed E-state index contributed by atoms with van der Waals surface area (Å²) in [5.74, 6) is -0.386. The van der Waals surface area contributed by atoms with Gasteiger partial charge in [0.2, 0.25) is 15.9 Å². The van der Waals surface area contributed by atoms with Crippen molar-refractivity contribution in [2.75, 3.05) is 27.2 Å². The van der Waals surface area contributed by atoms with Gasteiger partial charge in [-0.1, -0.05) is 18.5 Å². The van der Waals surface area contributed by atoms with E-state index in [9.17, 15) is 18.0 Å². The molecule has 144 valence electrons. The van der Waals surface area contributed by atoms with E-state index in [0.717, 1.165) is 17.1 Å². The Morgan fingerprint density at radius 1 is 1.35 bits per heavy atom. The lowest BCUT2D eigenvalue weighted by atomic mass is 10.0. The zero-order valence-corrected chi connectivity index (χ0v) is 16.7. The van der Waals surface area contributed by atoms with Gasteiger partial charge in [-0.3, -0.25) is 9.59 Å². The number of hydrogen-bond acceptors (Lipinski definition) is 4. The molecule has 0 bridgehead atoms. The van der Waals surface area contributed by atoms with Crippen molar-refractivity contribution in [2.24, 2.45) is 0 Å². The van der Waals surface area contributed by atoms with Crippen molar-refractivity contribution in [3.05, 3.63) is 28.8 Å². The number of carbonyl (C=O) groups excluding carboxylic acids is 2. The Bertz CT molecular complexity index is 795. The summed E-state index contributed by atoms with van der Waals surface area (Å²) in [7, 11) is -0.808. The Hall–Kier alpha value is -1.64. The third kappa shape index (κ3) is 4.55. The number of benzene rings is 1.